The highest BCUT2D eigenvalue weighted by atomic mass is 35.5. The van der Waals surface area contributed by atoms with Gasteiger partial charge in [0.25, 0.3) is 5.91 Å². The first kappa shape index (κ1) is 14.3. The Morgan fingerprint density at radius 3 is 2.86 bits per heavy atom. The van der Waals surface area contributed by atoms with Crippen LogP contribution >= 0.6 is 34.5 Å². The highest BCUT2D eigenvalue weighted by Gasteiger charge is 2.18. The lowest BCUT2D eigenvalue weighted by molar-refractivity contribution is 0.103. The number of thiophene rings is 1. The molecule has 0 radical (unpaired) electrons. The second-order valence-electron chi connectivity index (χ2n) is 4.51. The number of rotatable bonds is 2. The fourth-order valence-electron chi connectivity index (χ4n) is 1.97. The van der Waals surface area contributed by atoms with Gasteiger partial charge in [0.15, 0.2) is 0 Å². The molecule has 2 heterocycles. The SMILES string of the molecule is Cc1cccnc1NC(=O)c1sc2cc(Cl)ccc2c1Cl. The van der Waals surface area contributed by atoms with Gasteiger partial charge in [0.1, 0.15) is 10.7 Å². The summed E-state index contributed by atoms with van der Waals surface area (Å²) in [7, 11) is 0. The van der Waals surface area contributed by atoms with Crippen LogP contribution in [0.1, 0.15) is 15.2 Å². The molecule has 0 aliphatic carbocycles. The molecule has 0 bridgehead atoms. The van der Waals surface area contributed by atoms with Crippen molar-refractivity contribution >= 4 is 56.3 Å². The number of anilines is 1. The molecule has 2 aromatic heterocycles. The molecule has 3 rings (SSSR count). The number of carbonyl (C=O) groups is 1. The molecule has 21 heavy (non-hydrogen) atoms. The van der Waals surface area contributed by atoms with Gasteiger partial charge in [-0.15, -0.1) is 11.3 Å². The van der Waals surface area contributed by atoms with Crippen LogP contribution in [0, 0.1) is 6.92 Å². The van der Waals surface area contributed by atoms with Crippen LogP contribution < -0.4 is 5.32 Å². The van der Waals surface area contributed by atoms with E-state index in [0.29, 0.717) is 20.7 Å². The third kappa shape index (κ3) is 2.75. The molecule has 1 aromatic carbocycles. The first-order valence-corrected chi connectivity index (χ1v) is 7.74. The Morgan fingerprint density at radius 1 is 1.29 bits per heavy atom. The second-order valence-corrected chi connectivity index (χ2v) is 6.38. The maximum Gasteiger partial charge on any atom is 0.268 e. The van der Waals surface area contributed by atoms with Gasteiger partial charge in [-0.25, -0.2) is 4.98 Å². The Hall–Kier alpha value is -1.62. The van der Waals surface area contributed by atoms with Gasteiger partial charge < -0.3 is 5.32 Å². The number of nitrogens with zero attached hydrogens (tertiary/aromatic N) is 1. The third-order valence-corrected chi connectivity index (χ3v) is 4.93. The lowest BCUT2D eigenvalue weighted by atomic mass is 10.2. The van der Waals surface area contributed by atoms with Gasteiger partial charge in [-0.3, -0.25) is 4.79 Å². The summed E-state index contributed by atoms with van der Waals surface area (Å²) < 4.78 is 0.885. The lowest BCUT2D eigenvalue weighted by Crippen LogP contribution is -2.12. The van der Waals surface area contributed by atoms with Gasteiger partial charge in [-0.2, -0.15) is 0 Å². The van der Waals surface area contributed by atoms with E-state index in [9.17, 15) is 4.79 Å². The molecule has 106 valence electrons. The zero-order chi connectivity index (χ0) is 15.0. The minimum atomic E-state index is -0.265. The number of benzene rings is 1. The molecule has 0 atom stereocenters. The summed E-state index contributed by atoms with van der Waals surface area (Å²) in [5.74, 6) is 0.271. The maximum absolute atomic E-state index is 12.4. The minimum absolute atomic E-state index is 0.265. The monoisotopic (exact) mass is 336 g/mol. The highest BCUT2D eigenvalue weighted by molar-refractivity contribution is 7.21. The van der Waals surface area contributed by atoms with E-state index in [-0.39, 0.29) is 5.91 Å². The van der Waals surface area contributed by atoms with Crippen LogP contribution in [0.5, 0.6) is 0 Å². The van der Waals surface area contributed by atoms with E-state index in [4.69, 9.17) is 23.2 Å². The number of halogens is 2. The summed E-state index contributed by atoms with van der Waals surface area (Å²) in [6, 6.07) is 9.08. The summed E-state index contributed by atoms with van der Waals surface area (Å²) in [6.45, 7) is 1.88. The van der Waals surface area contributed by atoms with Crippen molar-refractivity contribution < 1.29 is 4.79 Å². The Balaban J connectivity index is 1.98. The predicted molar refractivity (Wildman–Crippen MR) is 88.8 cm³/mol. The standard InChI is InChI=1S/C15H10Cl2N2OS/c1-8-3-2-6-18-14(8)19-15(20)13-12(17)10-5-4-9(16)7-11(10)21-13/h2-7H,1H3,(H,18,19,20). The summed E-state index contributed by atoms with van der Waals surface area (Å²) in [6.07, 6.45) is 1.63. The van der Waals surface area contributed by atoms with Crippen molar-refractivity contribution in [2.24, 2.45) is 0 Å². The van der Waals surface area contributed by atoms with Crippen molar-refractivity contribution in [2.45, 2.75) is 6.92 Å². The number of fused-ring (bicyclic) bond motifs is 1. The number of pyridine rings is 1. The Bertz CT molecular complexity index is 845. The average molecular weight is 337 g/mol. The fourth-order valence-corrected chi connectivity index (χ4v) is 3.65. The zero-order valence-electron chi connectivity index (χ0n) is 11.0. The molecular weight excluding hydrogens is 327 g/mol. The number of hydrogen-bond donors (Lipinski definition) is 1. The molecule has 1 N–H and O–H groups in total. The van der Waals surface area contributed by atoms with E-state index >= 15 is 0 Å². The molecule has 0 saturated heterocycles. The molecule has 3 aromatic rings. The van der Waals surface area contributed by atoms with E-state index < -0.39 is 0 Å². The van der Waals surface area contributed by atoms with E-state index in [1.54, 1.807) is 18.3 Å². The van der Waals surface area contributed by atoms with Crippen molar-refractivity contribution in [2.75, 3.05) is 5.32 Å². The van der Waals surface area contributed by atoms with Crippen LogP contribution in [0.25, 0.3) is 10.1 Å². The maximum atomic E-state index is 12.4. The van der Waals surface area contributed by atoms with E-state index in [2.05, 4.69) is 10.3 Å². The van der Waals surface area contributed by atoms with Crippen molar-refractivity contribution in [1.82, 2.24) is 4.98 Å². The van der Waals surface area contributed by atoms with E-state index in [1.807, 2.05) is 25.1 Å². The molecule has 0 unspecified atom stereocenters. The first-order valence-electron chi connectivity index (χ1n) is 6.17. The molecule has 6 heteroatoms. The Morgan fingerprint density at radius 2 is 2.10 bits per heavy atom. The number of aromatic nitrogens is 1. The normalized spacial score (nSPS) is 10.8. The molecule has 0 aliphatic heterocycles. The Labute approximate surface area is 135 Å². The van der Waals surface area contributed by atoms with Crippen LogP contribution in [0.15, 0.2) is 36.5 Å². The van der Waals surface area contributed by atoms with Crippen LogP contribution in [0.3, 0.4) is 0 Å². The van der Waals surface area contributed by atoms with Crippen molar-refractivity contribution in [1.29, 1.82) is 0 Å². The van der Waals surface area contributed by atoms with Gasteiger partial charge in [0.2, 0.25) is 0 Å². The molecule has 0 aliphatic rings. The third-order valence-electron chi connectivity index (χ3n) is 3.04. The number of hydrogen-bond acceptors (Lipinski definition) is 3. The minimum Gasteiger partial charge on any atom is -0.306 e. The van der Waals surface area contributed by atoms with Crippen LogP contribution in [0.4, 0.5) is 5.82 Å². The number of aryl methyl sites for hydroxylation is 1. The zero-order valence-corrected chi connectivity index (χ0v) is 13.3. The van der Waals surface area contributed by atoms with Gasteiger partial charge in [-0.05, 0) is 30.7 Å². The average Bonchev–Trinajstić information content (AvgIpc) is 2.78. The number of carbonyl (C=O) groups excluding carboxylic acids is 1. The summed E-state index contributed by atoms with van der Waals surface area (Å²) in [5, 5.41) is 4.67. The topological polar surface area (TPSA) is 42.0 Å². The lowest BCUT2D eigenvalue weighted by Gasteiger charge is -2.05. The molecule has 0 spiro atoms. The molecular formula is C15H10Cl2N2OS. The van der Waals surface area contributed by atoms with Gasteiger partial charge in [0, 0.05) is 21.3 Å². The summed E-state index contributed by atoms with van der Waals surface area (Å²) in [5.41, 5.74) is 0.895. The van der Waals surface area contributed by atoms with Gasteiger partial charge >= 0.3 is 0 Å². The van der Waals surface area contributed by atoms with Crippen molar-refractivity contribution in [3.05, 3.63) is 57.0 Å². The number of nitrogens with one attached hydrogen (secondary N) is 1. The Kier molecular flexibility index (Phi) is 3.85. The fraction of sp³-hybridized carbons (Fsp3) is 0.0667. The highest BCUT2D eigenvalue weighted by Crippen LogP contribution is 2.37. The number of amides is 1. The summed E-state index contributed by atoms with van der Waals surface area (Å²) >= 11 is 13.6. The molecule has 0 fully saturated rings. The quantitative estimate of drug-likeness (QED) is 0.701. The molecule has 0 saturated carbocycles. The van der Waals surface area contributed by atoms with E-state index in [0.717, 1.165) is 15.6 Å². The second kappa shape index (κ2) is 5.64. The van der Waals surface area contributed by atoms with Crippen LogP contribution in [0.2, 0.25) is 10.0 Å². The summed E-state index contributed by atoms with van der Waals surface area (Å²) in [4.78, 5) is 17.0. The largest absolute Gasteiger partial charge is 0.306 e. The predicted octanol–water partition coefficient (Wildman–Crippen LogP) is 5.16. The van der Waals surface area contributed by atoms with Crippen molar-refractivity contribution in [3.8, 4) is 0 Å². The van der Waals surface area contributed by atoms with Gasteiger partial charge in [-0.1, -0.05) is 35.3 Å². The first-order chi connectivity index (χ1) is 10.1. The molecule has 3 nitrogen and oxygen atoms in total. The van der Waals surface area contributed by atoms with Crippen LogP contribution in [-0.4, -0.2) is 10.9 Å². The smallest absolute Gasteiger partial charge is 0.268 e. The van der Waals surface area contributed by atoms with Crippen molar-refractivity contribution in [3.63, 3.8) is 0 Å². The van der Waals surface area contributed by atoms with E-state index in [1.165, 1.54) is 11.3 Å². The van der Waals surface area contributed by atoms with Crippen LogP contribution in [-0.2, 0) is 0 Å². The van der Waals surface area contributed by atoms with Gasteiger partial charge in [0.05, 0.1) is 5.02 Å². The molecule has 1 amide bonds.